The Morgan fingerprint density at radius 2 is 1.91 bits per heavy atom. The van der Waals surface area contributed by atoms with Gasteiger partial charge in [-0.25, -0.2) is 13.6 Å². The van der Waals surface area contributed by atoms with Gasteiger partial charge in [-0.2, -0.15) is 8.78 Å². The second kappa shape index (κ2) is 10.1. The summed E-state index contributed by atoms with van der Waals surface area (Å²) in [7, 11) is -3.78. The number of hydrogen-bond acceptors (Lipinski definition) is 5. The Morgan fingerprint density at radius 3 is 2.65 bits per heavy atom. The molecule has 4 rings (SSSR count). The fourth-order valence-electron chi connectivity index (χ4n) is 3.83. The van der Waals surface area contributed by atoms with Crippen molar-refractivity contribution in [2.75, 3.05) is 6.61 Å². The number of ether oxygens (including phenoxy) is 3. The number of nitrogens with two attached hydrogens (primary N) is 1. The summed E-state index contributed by atoms with van der Waals surface area (Å²) in [5, 5.41) is 5.23. The molecule has 178 valence electrons. The van der Waals surface area contributed by atoms with Gasteiger partial charge in [0.05, 0.1) is 11.3 Å². The highest BCUT2D eigenvalue weighted by Gasteiger charge is 2.31. The topological polar surface area (TPSA) is 87.9 Å². The predicted molar refractivity (Wildman–Crippen MR) is 128 cm³/mol. The van der Waals surface area contributed by atoms with Gasteiger partial charge in [-0.15, -0.1) is 0 Å². The third-order valence-corrected chi connectivity index (χ3v) is 6.19. The standard InChI is InChI=1S/C24H20BrF2NO5S/c25-10-3-11-31-17-5-1-4-16(13-17)23-19-12-15(14-34(28,29)30)8-9-18(19)22-20(32-23)6-2-7-21(22)33-24(26)27/h1-10,12-13,23-24H,11,14H2,(H2,28,29,30)/b10-3+. The van der Waals surface area contributed by atoms with Crippen LogP contribution >= 0.6 is 15.9 Å². The second-order valence-corrected chi connectivity index (χ2v) is 9.62. The van der Waals surface area contributed by atoms with E-state index in [4.69, 9.17) is 19.3 Å². The lowest BCUT2D eigenvalue weighted by Gasteiger charge is -2.31. The van der Waals surface area contributed by atoms with E-state index in [-0.39, 0.29) is 11.5 Å². The Labute approximate surface area is 204 Å². The lowest BCUT2D eigenvalue weighted by atomic mass is 9.88. The third kappa shape index (κ3) is 5.57. The molecule has 0 aliphatic carbocycles. The van der Waals surface area contributed by atoms with Crippen molar-refractivity contribution in [1.29, 1.82) is 0 Å². The van der Waals surface area contributed by atoms with Crippen LogP contribution in [-0.2, 0) is 15.8 Å². The number of benzene rings is 3. The molecule has 0 spiro atoms. The van der Waals surface area contributed by atoms with E-state index in [1.807, 2.05) is 18.2 Å². The summed E-state index contributed by atoms with van der Waals surface area (Å²) in [5.74, 6) is 0.555. The summed E-state index contributed by atoms with van der Waals surface area (Å²) >= 11 is 3.19. The van der Waals surface area contributed by atoms with Crippen molar-refractivity contribution in [1.82, 2.24) is 0 Å². The zero-order chi connectivity index (χ0) is 24.3. The minimum Gasteiger partial charge on any atom is -0.490 e. The first-order valence-electron chi connectivity index (χ1n) is 10.1. The molecule has 0 amide bonds. The van der Waals surface area contributed by atoms with E-state index >= 15 is 0 Å². The summed E-state index contributed by atoms with van der Waals surface area (Å²) in [4.78, 5) is 1.69. The minimum absolute atomic E-state index is 0.0370. The summed E-state index contributed by atoms with van der Waals surface area (Å²) < 4.78 is 66.2. The Kier molecular flexibility index (Phi) is 7.20. The van der Waals surface area contributed by atoms with Gasteiger partial charge in [0.15, 0.2) is 0 Å². The number of fused-ring (bicyclic) bond motifs is 3. The van der Waals surface area contributed by atoms with E-state index in [1.165, 1.54) is 6.07 Å². The number of alkyl halides is 2. The average Bonchev–Trinajstić information content (AvgIpc) is 2.77. The molecule has 3 aromatic carbocycles. The van der Waals surface area contributed by atoms with Gasteiger partial charge in [0, 0.05) is 11.1 Å². The van der Waals surface area contributed by atoms with Crippen molar-refractivity contribution < 1.29 is 31.4 Å². The van der Waals surface area contributed by atoms with Gasteiger partial charge >= 0.3 is 6.61 Å². The monoisotopic (exact) mass is 551 g/mol. The van der Waals surface area contributed by atoms with Crippen LogP contribution in [-0.4, -0.2) is 21.6 Å². The zero-order valence-electron chi connectivity index (χ0n) is 17.7. The Bertz CT molecular complexity index is 1330. The molecule has 1 unspecified atom stereocenters. The van der Waals surface area contributed by atoms with Crippen LogP contribution in [0.1, 0.15) is 22.8 Å². The van der Waals surface area contributed by atoms with Gasteiger partial charge in [-0.3, -0.25) is 0 Å². The molecule has 0 fully saturated rings. The van der Waals surface area contributed by atoms with Crippen LogP contribution in [0.3, 0.4) is 0 Å². The van der Waals surface area contributed by atoms with Crippen LogP contribution in [0.4, 0.5) is 8.78 Å². The maximum Gasteiger partial charge on any atom is 0.387 e. The minimum atomic E-state index is -3.78. The highest BCUT2D eigenvalue weighted by Crippen LogP contribution is 2.49. The molecule has 34 heavy (non-hydrogen) atoms. The van der Waals surface area contributed by atoms with E-state index in [9.17, 15) is 17.2 Å². The number of primary sulfonamides is 1. The van der Waals surface area contributed by atoms with E-state index in [1.54, 1.807) is 47.5 Å². The molecule has 1 atom stereocenters. The lowest BCUT2D eigenvalue weighted by Crippen LogP contribution is -2.18. The Hall–Kier alpha value is -2.95. The number of sulfonamides is 1. The van der Waals surface area contributed by atoms with E-state index in [2.05, 4.69) is 15.9 Å². The molecule has 3 aromatic rings. The van der Waals surface area contributed by atoms with Crippen LogP contribution in [0, 0.1) is 0 Å². The fourth-order valence-corrected chi connectivity index (χ4v) is 4.63. The second-order valence-electron chi connectivity index (χ2n) is 7.48. The smallest absolute Gasteiger partial charge is 0.387 e. The van der Waals surface area contributed by atoms with Crippen LogP contribution < -0.4 is 19.3 Å². The molecule has 1 heterocycles. The van der Waals surface area contributed by atoms with Crippen molar-refractivity contribution in [3.63, 3.8) is 0 Å². The van der Waals surface area contributed by atoms with E-state index in [0.29, 0.717) is 40.4 Å². The molecular weight excluding hydrogens is 532 g/mol. The number of rotatable bonds is 8. The van der Waals surface area contributed by atoms with Gasteiger partial charge in [0.1, 0.15) is 30.0 Å². The predicted octanol–water partition coefficient (Wildman–Crippen LogP) is 5.51. The van der Waals surface area contributed by atoms with Crippen molar-refractivity contribution in [3.8, 4) is 28.4 Å². The Balaban J connectivity index is 1.83. The molecule has 1 aliphatic heterocycles. The lowest BCUT2D eigenvalue weighted by molar-refractivity contribution is -0.0496. The van der Waals surface area contributed by atoms with Crippen molar-refractivity contribution in [2.24, 2.45) is 5.14 Å². The zero-order valence-corrected chi connectivity index (χ0v) is 20.1. The molecule has 6 nitrogen and oxygen atoms in total. The van der Waals surface area contributed by atoms with Gasteiger partial charge < -0.3 is 14.2 Å². The Morgan fingerprint density at radius 1 is 1.12 bits per heavy atom. The summed E-state index contributed by atoms with van der Waals surface area (Å²) in [5.41, 5.74) is 2.73. The van der Waals surface area contributed by atoms with Gasteiger partial charge in [-0.05, 0) is 46.5 Å². The van der Waals surface area contributed by atoms with E-state index < -0.39 is 22.7 Å². The molecule has 1 aliphatic rings. The summed E-state index contributed by atoms with van der Waals surface area (Å²) in [6.45, 7) is -2.66. The average molecular weight is 552 g/mol. The van der Waals surface area contributed by atoms with Crippen molar-refractivity contribution >= 4 is 26.0 Å². The van der Waals surface area contributed by atoms with Crippen LogP contribution in [0.5, 0.6) is 17.2 Å². The summed E-state index contributed by atoms with van der Waals surface area (Å²) in [6, 6.07) is 16.9. The number of halogens is 3. The normalized spacial score (nSPS) is 15.0. The van der Waals surface area contributed by atoms with Gasteiger partial charge in [0.25, 0.3) is 0 Å². The fraction of sp³-hybridized carbons (Fsp3) is 0.167. The van der Waals surface area contributed by atoms with Crippen LogP contribution in [0.2, 0.25) is 0 Å². The SMILES string of the molecule is NS(=O)(=O)Cc1ccc2c(c1)C(c1cccc(OC/C=C/Br)c1)Oc1cccc(OC(F)F)c1-2. The molecule has 2 N–H and O–H groups in total. The third-order valence-electron chi connectivity index (χ3n) is 5.08. The maximum atomic E-state index is 13.1. The highest BCUT2D eigenvalue weighted by molar-refractivity contribution is 9.11. The first-order valence-corrected chi connectivity index (χ1v) is 12.7. The molecule has 0 radical (unpaired) electrons. The van der Waals surface area contributed by atoms with Crippen LogP contribution in [0.25, 0.3) is 11.1 Å². The molecule has 0 saturated carbocycles. The first-order chi connectivity index (χ1) is 16.2. The highest BCUT2D eigenvalue weighted by atomic mass is 79.9. The molecule has 0 bridgehead atoms. The van der Waals surface area contributed by atoms with Crippen molar-refractivity contribution in [3.05, 3.63) is 88.4 Å². The molecule has 10 heteroatoms. The summed E-state index contributed by atoms with van der Waals surface area (Å²) in [6.07, 6.45) is 1.14. The van der Waals surface area contributed by atoms with Crippen molar-refractivity contribution in [2.45, 2.75) is 18.5 Å². The largest absolute Gasteiger partial charge is 0.490 e. The van der Waals surface area contributed by atoms with Crippen LogP contribution in [0.15, 0.2) is 71.7 Å². The first kappa shape index (κ1) is 24.2. The van der Waals surface area contributed by atoms with Gasteiger partial charge in [0.2, 0.25) is 10.0 Å². The maximum absolute atomic E-state index is 13.1. The molecule has 0 aromatic heterocycles. The van der Waals surface area contributed by atoms with Gasteiger partial charge in [-0.1, -0.05) is 52.3 Å². The number of hydrogen-bond donors (Lipinski definition) is 1. The molecular formula is C24H20BrF2NO5S. The van der Waals surface area contributed by atoms with E-state index in [0.717, 1.165) is 5.56 Å². The molecule has 0 saturated heterocycles. The quantitative estimate of drug-likeness (QED) is 0.398.